The molecule has 0 spiro atoms. The highest BCUT2D eigenvalue weighted by Gasteiger charge is 2.44. The Bertz CT molecular complexity index is 429. The summed E-state index contributed by atoms with van der Waals surface area (Å²) in [6.45, 7) is 0.840. The van der Waals surface area contributed by atoms with Crippen LogP contribution in [-0.4, -0.2) is 30.1 Å². The van der Waals surface area contributed by atoms with Gasteiger partial charge in [-0.3, -0.25) is 4.79 Å². The average molecular weight is 235 g/mol. The van der Waals surface area contributed by atoms with E-state index in [2.05, 4.69) is 0 Å². The maximum absolute atomic E-state index is 12.0. The summed E-state index contributed by atoms with van der Waals surface area (Å²) in [5.74, 6) is 1.05. The Morgan fingerprint density at radius 1 is 1.50 bits per heavy atom. The number of amides is 1. The van der Waals surface area contributed by atoms with Crippen molar-refractivity contribution in [3.8, 4) is 5.75 Å². The second-order valence-corrected chi connectivity index (χ2v) is 5.64. The fourth-order valence-corrected chi connectivity index (χ4v) is 3.45. The van der Waals surface area contributed by atoms with Gasteiger partial charge >= 0.3 is 0 Å². The standard InChI is InChI=1S/C12H13NO2S/c1-15-9-4-2-3-8(5-9)13-7-10-6-11(16-10)12(13)14/h2-5,10-11H,6-7H2,1H3. The Morgan fingerprint density at radius 2 is 2.31 bits per heavy atom. The predicted molar refractivity (Wildman–Crippen MR) is 65.1 cm³/mol. The van der Waals surface area contributed by atoms with Crippen molar-refractivity contribution in [1.82, 2.24) is 0 Å². The maximum atomic E-state index is 12.0. The predicted octanol–water partition coefficient (Wildman–Crippen LogP) is 1.92. The van der Waals surface area contributed by atoms with Crippen molar-refractivity contribution in [2.24, 2.45) is 0 Å². The van der Waals surface area contributed by atoms with E-state index < -0.39 is 0 Å². The van der Waals surface area contributed by atoms with Gasteiger partial charge in [-0.05, 0) is 18.6 Å². The molecule has 16 heavy (non-hydrogen) atoms. The number of nitrogens with zero attached hydrogens (tertiary/aromatic N) is 1. The Hall–Kier alpha value is -1.16. The summed E-state index contributed by atoms with van der Waals surface area (Å²) in [6.07, 6.45) is 1.06. The number of carbonyl (C=O) groups excluding carboxylic acids is 1. The topological polar surface area (TPSA) is 29.5 Å². The minimum Gasteiger partial charge on any atom is -0.497 e. The van der Waals surface area contributed by atoms with Gasteiger partial charge in [-0.25, -0.2) is 0 Å². The van der Waals surface area contributed by atoms with Gasteiger partial charge in [0, 0.05) is 23.5 Å². The van der Waals surface area contributed by atoms with Gasteiger partial charge in [-0.15, -0.1) is 11.8 Å². The molecule has 0 saturated carbocycles. The van der Waals surface area contributed by atoms with Gasteiger partial charge in [0.2, 0.25) is 5.91 Å². The number of methoxy groups -OCH3 is 1. The number of anilines is 1. The Balaban J connectivity index is 1.88. The molecule has 0 aromatic heterocycles. The molecule has 3 nitrogen and oxygen atoms in total. The number of carbonyl (C=O) groups is 1. The van der Waals surface area contributed by atoms with E-state index in [1.54, 1.807) is 7.11 Å². The van der Waals surface area contributed by atoms with Gasteiger partial charge in [0.05, 0.1) is 12.4 Å². The molecule has 3 heterocycles. The van der Waals surface area contributed by atoms with Crippen LogP contribution >= 0.6 is 11.8 Å². The third kappa shape index (κ3) is 1.48. The molecule has 4 rings (SSSR count). The van der Waals surface area contributed by atoms with Crippen molar-refractivity contribution in [2.45, 2.75) is 16.9 Å². The number of ether oxygens (including phenoxy) is 1. The maximum Gasteiger partial charge on any atom is 0.240 e. The summed E-state index contributed by atoms with van der Waals surface area (Å²) < 4.78 is 5.18. The molecule has 0 radical (unpaired) electrons. The summed E-state index contributed by atoms with van der Waals surface area (Å²) in [5, 5.41) is 0.832. The van der Waals surface area contributed by atoms with Crippen molar-refractivity contribution in [1.29, 1.82) is 0 Å². The summed E-state index contributed by atoms with van der Waals surface area (Å²) in [7, 11) is 1.64. The van der Waals surface area contributed by atoms with Crippen molar-refractivity contribution < 1.29 is 9.53 Å². The Kier molecular flexibility index (Phi) is 2.32. The first-order valence-corrected chi connectivity index (χ1v) is 6.33. The average Bonchev–Trinajstić information content (AvgIpc) is 2.28. The van der Waals surface area contributed by atoms with Gasteiger partial charge in [0.1, 0.15) is 5.75 Å². The van der Waals surface area contributed by atoms with Crippen LogP contribution in [0.15, 0.2) is 24.3 Å². The first-order chi connectivity index (χ1) is 7.78. The molecule has 3 aliphatic heterocycles. The van der Waals surface area contributed by atoms with E-state index in [0.717, 1.165) is 24.4 Å². The first kappa shape index (κ1) is 10.0. The van der Waals surface area contributed by atoms with Crippen LogP contribution in [-0.2, 0) is 4.79 Å². The molecule has 3 fully saturated rings. The third-order valence-electron chi connectivity index (χ3n) is 3.13. The molecular formula is C12H13NO2S. The lowest BCUT2D eigenvalue weighted by Gasteiger charge is -2.45. The van der Waals surface area contributed by atoms with Crippen molar-refractivity contribution in [3.63, 3.8) is 0 Å². The SMILES string of the molecule is COc1cccc(N2CC3CC(S3)C2=O)c1. The number of thioether (sulfide) groups is 1. The lowest BCUT2D eigenvalue weighted by atomic mass is 10.1. The molecule has 2 bridgehead atoms. The third-order valence-corrected chi connectivity index (χ3v) is 4.58. The van der Waals surface area contributed by atoms with Crippen LogP contribution in [0.3, 0.4) is 0 Å². The lowest BCUT2D eigenvalue weighted by molar-refractivity contribution is -0.119. The summed E-state index contributed by atoms with van der Waals surface area (Å²) in [5.41, 5.74) is 0.958. The van der Waals surface area contributed by atoms with E-state index in [1.165, 1.54) is 0 Å². The zero-order valence-electron chi connectivity index (χ0n) is 9.05. The monoisotopic (exact) mass is 235 g/mol. The fourth-order valence-electron chi connectivity index (χ4n) is 2.22. The molecule has 2 unspecified atom stereocenters. The van der Waals surface area contributed by atoms with E-state index in [1.807, 2.05) is 40.9 Å². The van der Waals surface area contributed by atoms with E-state index in [4.69, 9.17) is 4.74 Å². The molecular weight excluding hydrogens is 222 g/mol. The van der Waals surface area contributed by atoms with Crippen LogP contribution in [0.1, 0.15) is 6.42 Å². The summed E-state index contributed by atoms with van der Waals surface area (Å²) in [4.78, 5) is 13.9. The number of benzene rings is 1. The number of hydrogen-bond acceptors (Lipinski definition) is 3. The van der Waals surface area contributed by atoms with E-state index in [0.29, 0.717) is 5.25 Å². The zero-order chi connectivity index (χ0) is 11.1. The minimum atomic E-state index is 0.199. The van der Waals surface area contributed by atoms with E-state index in [-0.39, 0.29) is 11.2 Å². The Morgan fingerprint density at radius 3 is 3.00 bits per heavy atom. The second kappa shape index (κ2) is 3.70. The summed E-state index contributed by atoms with van der Waals surface area (Å²) in [6, 6.07) is 7.71. The molecule has 1 aromatic rings. The largest absolute Gasteiger partial charge is 0.497 e. The van der Waals surface area contributed by atoms with Gasteiger partial charge < -0.3 is 9.64 Å². The Labute approximate surface area is 98.8 Å². The second-order valence-electron chi connectivity index (χ2n) is 4.13. The fraction of sp³-hybridized carbons (Fsp3) is 0.417. The molecule has 1 amide bonds. The van der Waals surface area contributed by atoms with Crippen LogP contribution in [0.25, 0.3) is 0 Å². The molecule has 3 saturated heterocycles. The number of hydrogen-bond donors (Lipinski definition) is 0. The number of fused-ring (bicyclic) bond motifs is 2. The smallest absolute Gasteiger partial charge is 0.240 e. The lowest BCUT2D eigenvalue weighted by Crippen LogP contribution is -2.55. The van der Waals surface area contributed by atoms with E-state index in [9.17, 15) is 4.79 Å². The van der Waals surface area contributed by atoms with Crippen LogP contribution < -0.4 is 9.64 Å². The van der Waals surface area contributed by atoms with Crippen molar-refractivity contribution in [3.05, 3.63) is 24.3 Å². The van der Waals surface area contributed by atoms with Gasteiger partial charge in [-0.1, -0.05) is 6.07 Å². The highest BCUT2D eigenvalue weighted by Crippen LogP contribution is 2.43. The van der Waals surface area contributed by atoms with Crippen LogP contribution in [0.4, 0.5) is 5.69 Å². The van der Waals surface area contributed by atoms with E-state index >= 15 is 0 Å². The first-order valence-electron chi connectivity index (χ1n) is 5.39. The molecule has 0 aliphatic carbocycles. The normalized spacial score (nSPS) is 27.6. The highest BCUT2D eigenvalue weighted by atomic mass is 32.2. The van der Waals surface area contributed by atoms with Gasteiger partial charge in [0.25, 0.3) is 0 Å². The number of piperidine rings is 1. The van der Waals surface area contributed by atoms with Crippen molar-refractivity contribution in [2.75, 3.05) is 18.6 Å². The molecule has 2 atom stereocenters. The van der Waals surface area contributed by atoms with Gasteiger partial charge in [-0.2, -0.15) is 0 Å². The summed E-state index contributed by atoms with van der Waals surface area (Å²) >= 11 is 1.81. The molecule has 1 aromatic carbocycles. The molecule has 4 heteroatoms. The minimum absolute atomic E-state index is 0.199. The quantitative estimate of drug-likeness (QED) is 0.784. The number of rotatable bonds is 2. The zero-order valence-corrected chi connectivity index (χ0v) is 9.87. The van der Waals surface area contributed by atoms with Crippen LogP contribution in [0, 0.1) is 0 Å². The molecule has 0 N–H and O–H groups in total. The van der Waals surface area contributed by atoms with Crippen molar-refractivity contribution >= 4 is 23.4 Å². The molecule has 3 aliphatic rings. The van der Waals surface area contributed by atoms with Crippen LogP contribution in [0.2, 0.25) is 0 Å². The molecule has 84 valence electrons. The highest BCUT2D eigenvalue weighted by molar-refractivity contribution is 8.02. The van der Waals surface area contributed by atoms with Gasteiger partial charge in [0.15, 0.2) is 0 Å². The van der Waals surface area contributed by atoms with Crippen LogP contribution in [0.5, 0.6) is 5.75 Å².